The van der Waals surface area contributed by atoms with Crippen molar-refractivity contribution in [3.8, 4) is 17.0 Å². The summed E-state index contributed by atoms with van der Waals surface area (Å²) in [7, 11) is 9.80. The van der Waals surface area contributed by atoms with Crippen LogP contribution >= 0.6 is 0 Å². The van der Waals surface area contributed by atoms with Gasteiger partial charge in [-0.1, -0.05) is 0 Å². The first-order valence-electron chi connectivity index (χ1n) is 11.9. The Kier molecular flexibility index (Phi) is 9.34. The fourth-order valence-corrected chi connectivity index (χ4v) is 3.77. The molecular weight excluding hydrogens is 522 g/mol. The van der Waals surface area contributed by atoms with Crippen LogP contribution in [0, 0.1) is 10.1 Å². The number of primary amides is 1. The molecule has 40 heavy (non-hydrogen) atoms. The van der Waals surface area contributed by atoms with Crippen molar-refractivity contribution in [2.45, 2.75) is 0 Å². The van der Waals surface area contributed by atoms with E-state index in [0.717, 1.165) is 0 Å². The molecule has 0 bridgehead atoms. The molecule has 0 fully saturated rings. The average Bonchev–Trinajstić information content (AvgIpc) is 2.94. The van der Waals surface area contributed by atoms with Crippen LogP contribution < -0.4 is 26.0 Å². The maximum Gasteiger partial charge on any atom is 0.341 e. The summed E-state index contributed by atoms with van der Waals surface area (Å²) in [5.41, 5.74) is 6.39. The highest BCUT2D eigenvalue weighted by molar-refractivity contribution is 6.00. The van der Waals surface area contributed by atoms with E-state index in [2.05, 4.69) is 25.6 Å². The van der Waals surface area contributed by atoms with E-state index in [1.165, 1.54) is 38.7 Å². The number of nitrogens with one attached hydrogen (secondary N) is 2. The summed E-state index contributed by atoms with van der Waals surface area (Å²) >= 11 is 0. The predicted octanol–water partition coefficient (Wildman–Crippen LogP) is 2.12. The molecule has 15 heteroatoms. The van der Waals surface area contributed by atoms with Crippen molar-refractivity contribution >= 4 is 40.7 Å². The van der Waals surface area contributed by atoms with E-state index in [-0.39, 0.29) is 45.5 Å². The maximum absolute atomic E-state index is 12.5. The van der Waals surface area contributed by atoms with Gasteiger partial charge in [0.15, 0.2) is 0 Å². The van der Waals surface area contributed by atoms with Gasteiger partial charge in [0.1, 0.15) is 22.8 Å². The van der Waals surface area contributed by atoms with Crippen LogP contribution in [0.4, 0.5) is 28.8 Å². The third-order valence-electron chi connectivity index (χ3n) is 5.89. The smallest absolute Gasteiger partial charge is 0.341 e. The number of esters is 1. The molecule has 4 N–H and O–H groups in total. The minimum absolute atomic E-state index is 0.00158. The number of nitro benzene ring substituents is 1. The van der Waals surface area contributed by atoms with E-state index in [4.69, 9.17) is 15.2 Å². The normalized spacial score (nSPS) is 10.7. The van der Waals surface area contributed by atoms with Crippen LogP contribution in [0.2, 0.25) is 0 Å². The first-order chi connectivity index (χ1) is 19.0. The van der Waals surface area contributed by atoms with E-state index >= 15 is 0 Å². The van der Waals surface area contributed by atoms with Crippen LogP contribution in [0.25, 0.3) is 11.3 Å². The zero-order chi connectivity index (χ0) is 29.6. The molecule has 0 saturated heterocycles. The van der Waals surface area contributed by atoms with Gasteiger partial charge in [-0.3, -0.25) is 14.9 Å². The van der Waals surface area contributed by atoms with Crippen molar-refractivity contribution in [1.29, 1.82) is 0 Å². The topological polar surface area (TPSA) is 191 Å². The lowest BCUT2D eigenvalue weighted by molar-refractivity contribution is -0.384. The van der Waals surface area contributed by atoms with Crippen LogP contribution in [0.1, 0.15) is 20.7 Å². The molecule has 15 nitrogen and oxygen atoms in total. The van der Waals surface area contributed by atoms with Crippen LogP contribution in [-0.4, -0.2) is 92.2 Å². The molecule has 1 aromatic carbocycles. The van der Waals surface area contributed by atoms with Crippen LogP contribution in [-0.2, 0) is 4.74 Å². The molecule has 3 rings (SSSR count). The summed E-state index contributed by atoms with van der Waals surface area (Å²) in [5.74, 6) is -0.926. The Morgan fingerprint density at radius 1 is 1.07 bits per heavy atom. The van der Waals surface area contributed by atoms with E-state index in [0.29, 0.717) is 24.5 Å². The number of rotatable bonds is 12. The number of carbonyl (C=O) groups excluding carboxylic acids is 2. The van der Waals surface area contributed by atoms with Gasteiger partial charge in [-0.25, -0.2) is 19.7 Å². The minimum Gasteiger partial charge on any atom is -0.494 e. The number of hydrogen-bond acceptors (Lipinski definition) is 13. The van der Waals surface area contributed by atoms with E-state index in [9.17, 15) is 19.7 Å². The summed E-state index contributed by atoms with van der Waals surface area (Å²) in [6, 6.07) is 4.31. The van der Waals surface area contributed by atoms with Crippen molar-refractivity contribution < 1.29 is 24.0 Å². The predicted molar refractivity (Wildman–Crippen MR) is 149 cm³/mol. The Morgan fingerprint density at radius 3 is 2.38 bits per heavy atom. The Labute approximate surface area is 230 Å². The number of anilines is 4. The zero-order valence-corrected chi connectivity index (χ0v) is 23.0. The van der Waals surface area contributed by atoms with Crippen molar-refractivity contribution in [1.82, 2.24) is 19.9 Å². The van der Waals surface area contributed by atoms with Gasteiger partial charge in [0, 0.05) is 57.3 Å². The molecule has 0 saturated carbocycles. The first-order valence-corrected chi connectivity index (χ1v) is 11.9. The molecule has 212 valence electrons. The highest BCUT2D eigenvalue weighted by Crippen LogP contribution is 2.39. The number of likely N-dealkylation sites (N-methyl/N-ethyl adjacent to an activating group) is 2. The standard InChI is InChI=1S/C25H31N9O6/c1-27-23-15(22(26)35)9-14(12-28-23)21-16(24(36)40-6)13-29-25(31-21)30-17-10-19(34(37)38)18(11-20(17)39-5)33(4)8-7-32(2)3/h9-13H,7-8H2,1-6H3,(H2,26,35)(H,27,28)(H,29,30,31). The Morgan fingerprint density at radius 2 is 1.80 bits per heavy atom. The molecule has 2 aromatic heterocycles. The highest BCUT2D eigenvalue weighted by Gasteiger charge is 2.24. The third-order valence-corrected chi connectivity index (χ3v) is 5.89. The summed E-state index contributed by atoms with van der Waals surface area (Å²) in [4.78, 5) is 52.5. The van der Waals surface area contributed by atoms with Crippen molar-refractivity contribution in [2.24, 2.45) is 5.73 Å². The molecule has 1 amide bonds. The Balaban J connectivity index is 2.11. The summed E-state index contributed by atoms with van der Waals surface area (Å²) < 4.78 is 10.4. The van der Waals surface area contributed by atoms with E-state index < -0.39 is 16.8 Å². The van der Waals surface area contributed by atoms with Gasteiger partial charge < -0.3 is 35.6 Å². The lowest BCUT2D eigenvalue weighted by Crippen LogP contribution is -2.29. The number of pyridine rings is 1. The van der Waals surface area contributed by atoms with Crippen LogP contribution in [0.15, 0.2) is 30.6 Å². The van der Waals surface area contributed by atoms with Crippen molar-refractivity contribution in [2.75, 3.05) is 71.0 Å². The molecule has 0 spiro atoms. The van der Waals surface area contributed by atoms with Crippen LogP contribution in [0.5, 0.6) is 5.75 Å². The van der Waals surface area contributed by atoms with Gasteiger partial charge in [-0.2, -0.15) is 0 Å². The van der Waals surface area contributed by atoms with E-state index in [1.54, 1.807) is 25.1 Å². The number of nitro groups is 1. The molecule has 0 atom stereocenters. The summed E-state index contributed by atoms with van der Waals surface area (Å²) in [6.45, 7) is 1.22. The van der Waals surface area contributed by atoms with Crippen molar-refractivity contribution in [3.05, 3.63) is 51.8 Å². The number of benzene rings is 1. The second kappa shape index (κ2) is 12.7. The minimum atomic E-state index is -0.738. The molecule has 3 aromatic rings. The van der Waals surface area contributed by atoms with Gasteiger partial charge in [0.05, 0.1) is 36.1 Å². The second-order valence-corrected chi connectivity index (χ2v) is 8.83. The van der Waals surface area contributed by atoms with Gasteiger partial charge >= 0.3 is 5.97 Å². The number of nitrogens with zero attached hydrogens (tertiary/aromatic N) is 6. The maximum atomic E-state index is 12.5. The van der Waals surface area contributed by atoms with Crippen LogP contribution in [0.3, 0.4) is 0 Å². The lowest BCUT2D eigenvalue weighted by Gasteiger charge is -2.22. The SMILES string of the molecule is CNc1ncc(-c2nc(Nc3cc([N+](=O)[O-])c(N(C)CCN(C)C)cc3OC)ncc2C(=O)OC)cc1C(N)=O. The summed E-state index contributed by atoms with van der Waals surface area (Å²) in [5, 5.41) is 17.7. The van der Waals surface area contributed by atoms with Gasteiger partial charge in [0.2, 0.25) is 5.95 Å². The van der Waals surface area contributed by atoms with Gasteiger partial charge in [0.25, 0.3) is 11.6 Å². The first kappa shape index (κ1) is 29.5. The fourth-order valence-electron chi connectivity index (χ4n) is 3.77. The number of amides is 1. The monoisotopic (exact) mass is 553 g/mol. The van der Waals surface area contributed by atoms with Gasteiger partial charge in [-0.15, -0.1) is 0 Å². The molecule has 0 aliphatic carbocycles. The Bertz CT molecular complexity index is 1430. The molecule has 0 unspecified atom stereocenters. The highest BCUT2D eigenvalue weighted by atomic mass is 16.6. The number of hydrogen-bond donors (Lipinski definition) is 3. The fraction of sp³-hybridized carbons (Fsp3) is 0.320. The van der Waals surface area contributed by atoms with Gasteiger partial charge in [-0.05, 0) is 20.2 Å². The molecule has 0 radical (unpaired) electrons. The third kappa shape index (κ3) is 6.50. The second-order valence-electron chi connectivity index (χ2n) is 8.83. The quantitative estimate of drug-likeness (QED) is 0.168. The number of nitrogens with two attached hydrogens (primary N) is 1. The van der Waals surface area contributed by atoms with E-state index in [1.807, 2.05) is 19.0 Å². The summed E-state index contributed by atoms with van der Waals surface area (Å²) in [6.07, 6.45) is 2.64. The number of ether oxygens (including phenoxy) is 2. The molecular formula is C25H31N9O6. The number of aromatic nitrogens is 3. The lowest BCUT2D eigenvalue weighted by atomic mass is 10.1. The molecule has 0 aliphatic rings. The largest absolute Gasteiger partial charge is 0.494 e. The average molecular weight is 554 g/mol. The molecule has 2 heterocycles. The number of carbonyl (C=O) groups is 2. The Hall–Kier alpha value is -5.05. The zero-order valence-electron chi connectivity index (χ0n) is 23.0. The molecule has 0 aliphatic heterocycles. The van der Waals surface area contributed by atoms with Crippen molar-refractivity contribution in [3.63, 3.8) is 0 Å². The number of methoxy groups -OCH3 is 2.